The minimum Gasteiger partial charge on any atom is -0.388 e. The zero-order chi connectivity index (χ0) is 21.8. The van der Waals surface area contributed by atoms with Gasteiger partial charge < -0.3 is 20.6 Å². The lowest BCUT2D eigenvalue weighted by Crippen LogP contribution is -2.47. The Labute approximate surface area is 182 Å². The second kappa shape index (κ2) is 12.6. The Kier molecular flexibility index (Phi) is 10.1. The van der Waals surface area contributed by atoms with Gasteiger partial charge in [-0.05, 0) is 56.7 Å². The third-order valence-corrected chi connectivity index (χ3v) is 5.62. The normalized spacial score (nSPS) is 15.2. The molecule has 30 heavy (non-hydrogen) atoms. The van der Waals surface area contributed by atoms with Crippen LogP contribution in [0, 0.1) is 0 Å². The highest BCUT2D eigenvalue weighted by Gasteiger charge is 2.25. The van der Waals surface area contributed by atoms with Gasteiger partial charge in [0.2, 0.25) is 0 Å². The van der Waals surface area contributed by atoms with E-state index in [1.165, 1.54) is 6.42 Å². The highest BCUT2D eigenvalue weighted by atomic mass is 16.3. The van der Waals surface area contributed by atoms with E-state index in [1.807, 2.05) is 36.1 Å². The molecule has 0 bridgehead atoms. The quantitative estimate of drug-likeness (QED) is 0.401. The summed E-state index contributed by atoms with van der Waals surface area (Å²) in [5.41, 5.74) is 1.11. The molecular weight excluding hydrogens is 376 g/mol. The summed E-state index contributed by atoms with van der Waals surface area (Å²) in [7, 11) is 0. The van der Waals surface area contributed by atoms with Gasteiger partial charge in [-0.1, -0.05) is 38.8 Å². The van der Waals surface area contributed by atoms with Crippen molar-refractivity contribution >= 4 is 11.9 Å². The summed E-state index contributed by atoms with van der Waals surface area (Å²) in [6, 6.07) is 7.77. The molecule has 0 aromatic heterocycles. The van der Waals surface area contributed by atoms with Crippen molar-refractivity contribution in [2.45, 2.75) is 77.9 Å². The summed E-state index contributed by atoms with van der Waals surface area (Å²) in [6.07, 6.45) is 6.88. The summed E-state index contributed by atoms with van der Waals surface area (Å²) >= 11 is 0. The van der Waals surface area contributed by atoms with Crippen molar-refractivity contribution in [1.82, 2.24) is 15.5 Å². The van der Waals surface area contributed by atoms with Crippen molar-refractivity contribution in [2.24, 2.45) is 4.99 Å². The summed E-state index contributed by atoms with van der Waals surface area (Å²) < 4.78 is 0. The lowest BCUT2D eigenvalue weighted by molar-refractivity contribution is 0.0257. The molecule has 2 rings (SSSR count). The molecule has 1 aromatic rings. The van der Waals surface area contributed by atoms with E-state index in [4.69, 9.17) is 0 Å². The molecule has 168 valence electrons. The molecule has 0 aliphatic carbocycles. The van der Waals surface area contributed by atoms with Gasteiger partial charge in [-0.2, -0.15) is 0 Å². The summed E-state index contributed by atoms with van der Waals surface area (Å²) in [4.78, 5) is 19.2. The maximum Gasteiger partial charge on any atom is 0.253 e. The largest absolute Gasteiger partial charge is 0.388 e. The molecule has 1 amide bonds. The van der Waals surface area contributed by atoms with Gasteiger partial charge in [0.15, 0.2) is 5.96 Å². The number of likely N-dealkylation sites (tertiary alicyclic amines) is 1. The number of hydrogen-bond donors (Lipinski definition) is 3. The first-order chi connectivity index (χ1) is 14.5. The van der Waals surface area contributed by atoms with Crippen LogP contribution < -0.4 is 10.6 Å². The number of carbonyl (C=O) groups excluding carboxylic acids is 1. The topological polar surface area (TPSA) is 77.0 Å². The number of aliphatic imine (C=N–C) groups is 1. The fourth-order valence-corrected chi connectivity index (χ4v) is 4.03. The SMILES string of the molecule is CCCC(O)(CCC)CNC(=NCc1ccc(C(=O)N2CCCCC2)cc1)NCC. The number of guanidine groups is 1. The molecule has 0 atom stereocenters. The van der Waals surface area contributed by atoms with E-state index in [1.54, 1.807) is 0 Å². The fourth-order valence-electron chi connectivity index (χ4n) is 4.03. The molecule has 0 unspecified atom stereocenters. The lowest BCUT2D eigenvalue weighted by Gasteiger charge is -2.28. The predicted molar refractivity (Wildman–Crippen MR) is 124 cm³/mol. The molecule has 1 aliphatic heterocycles. The Morgan fingerprint density at radius 1 is 1.03 bits per heavy atom. The van der Waals surface area contributed by atoms with Crippen molar-refractivity contribution in [1.29, 1.82) is 0 Å². The van der Waals surface area contributed by atoms with Crippen LogP contribution in [-0.4, -0.2) is 53.7 Å². The van der Waals surface area contributed by atoms with Gasteiger partial charge in [0, 0.05) is 31.7 Å². The van der Waals surface area contributed by atoms with Gasteiger partial charge in [-0.3, -0.25) is 4.79 Å². The van der Waals surface area contributed by atoms with E-state index < -0.39 is 5.60 Å². The van der Waals surface area contributed by atoms with Gasteiger partial charge in [0.1, 0.15) is 0 Å². The van der Waals surface area contributed by atoms with E-state index in [9.17, 15) is 9.90 Å². The minimum absolute atomic E-state index is 0.130. The Balaban J connectivity index is 1.95. The van der Waals surface area contributed by atoms with Crippen LogP contribution in [0.25, 0.3) is 0 Å². The number of piperidine rings is 1. The van der Waals surface area contributed by atoms with E-state index in [0.29, 0.717) is 19.0 Å². The smallest absolute Gasteiger partial charge is 0.253 e. The summed E-state index contributed by atoms with van der Waals surface area (Å²) in [5, 5.41) is 17.4. The number of nitrogens with one attached hydrogen (secondary N) is 2. The summed E-state index contributed by atoms with van der Waals surface area (Å²) in [5.74, 6) is 0.836. The van der Waals surface area contributed by atoms with Crippen molar-refractivity contribution in [2.75, 3.05) is 26.2 Å². The van der Waals surface area contributed by atoms with Crippen LogP contribution in [0.3, 0.4) is 0 Å². The summed E-state index contributed by atoms with van der Waals surface area (Å²) in [6.45, 7) is 9.73. The second-order valence-corrected chi connectivity index (χ2v) is 8.32. The van der Waals surface area contributed by atoms with Crippen LogP contribution in [-0.2, 0) is 6.54 Å². The van der Waals surface area contributed by atoms with Gasteiger partial charge in [-0.25, -0.2) is 4.99 Å². The van der Waals surface area contributed by atoms with Crippen molar-refractivity contribution < 1.29 is 9.90 Å². The lowest BCUT2D eigenvalue weighted by atomic mass is 9.93. The van der Waals surface area contributed by atoms with Crippen molar-refractivity contribution in [3.63, 3.8) is 0 Å². The van der Waals surface area contributed by atoms with Crippen molar-refractivity contribution in [3.8, 4) is 0 Å². The molecule has 0 saturated carbocycles. The predicted octanol–water partition coefficient (Wildman–Crippen LogP) is 3.70. The van der Waals surface area contributed by atoms with Gasteiger partial charge >= 0.3 is 0 Å². The monoisotopic (exact) mass is 416 g/mol. The third-order valence-electron chi connectivity index (χ3n) is 5.62. The Morgan fingerprint density at radius 3 is 2.23 bits per heavy atom. The standard InChI is InChI=1S/C24H40N4O2/c1-4-14-24(30,15-5-2)19-27-23(25-6-3)26-18-20-10-12-21(13-11-20)22(29)28-16-8-7-9-17-28/h10-13,30H,4-9,14-19H2,1-3H3,(H2,25,26,27). The molecule has 0 radical (unpaired) electrons. The van der Waals surface area contributed by atoms with Crippen LogP contribution in [0.2, 0.25) is 0 Å². The third kappa shape index (κ3) is 7.63. The van der Waals surface area contributed by atoms with Gasteiger partial charge in [-0.15, -0.1) is 0 Å². The van der Waals surface area contributed by atoms with Crippen LogP contribution in [0.5, 0.6) is 0 Å². The molecular formula is C24H40N4O2. The number of nitrogens with zero attached hydrogens (tertiary/aromatic N) is 2. The van der Waals surface area contributed by atoms with E-state index in [-0.39, 0.29) is 5.91 Å². The van der Waals surface area contributed by atoms with Crippen LogP contribution >= 0.6 is 0 Å². The molecule has 1 aliphatic rings. The van der Waals surface area contributed by atoms with Gasteiger partial charge in [0.05, 0.1) is 12.1 Å². The van der Waals surface area contributed by atoms with Gasteiger partial charge in [0.25, 0.3) is 5.91 Å². The highest BCUT2D eigenvalue weighted by Crippen LogP contribution is 2.18. The number of rotatable bonds is 10. The Bertz CT molecular complexity index is 660. The number of aliphatic hydroxyl groups is 1. The molecule has 3 N–H and O–H groups in total. The maximum absolute atomic E-state index is 12.6. The van der Waals surface area contributed by atoms with E-state index in [2.05, 4.69) is 29.5 Å². The second-order valence-electron chi connectivity index (χ2n) is 8.32. The fraction of sp³-hybridized carbons (Fsp3) is 0.667. The highest BCUT2D eigenvalue weighted by molar-refractivity contribution is 5.94. The Hall–Kier alpha value is -2.08. The maximum atomic E-state index is 12.6. The first-order valence-electron chi connectivity index (χ1n) is 11.6. The minimum atomic E-state index is -0.698. The first-order valence-corrected chi connectivity index (χ1v) is 11.6. The zero-order valence-corrected chi connectivity index (χ0v) is 19.0. The first kappa shape index (κ1) is 24.2. The average molecular weight is 417 g/mol. The zero-order valence-electron chi connectivity index (χ0n) is 19.0. The van der Waals surface area contributed by atoms with E-state index >= 15 is 0 Å². The van der Waals surface area contributed by atoms with E-state index in [0.717, 1.165) is 69.3 Å². The molecule has 6 nitrogen and oxygen atoms in total. The molecule has 1 aromatic carbocycles. The Morgan fingerprint density at radius 2 is 1.67 bits per heavy atom. The van der Waals surface area contributed by atoms with Crippen molar-refractivity contribution in [3.05, 3.63) is 35.4 Å². The number of amides is 1. The van der Waals surface area contributed by atoms with Crippen LogP contribution in [0.4, 0.5) is 0 Å². The van der Waals surface area contributed by atoms with Crippen LogP contribution in [0.1, 0.15) is 81.6 Å². The molecule has 6 heteroatoms. The molecule has 1 heterocycles. The molecule has 1 saturated heterocycles. The number of hydrogen-bond acceptors (Lipinski definition) is 3. The average Bonchev–Trinajstić information content (AvgIpc) is 2.76. The molecule has 1 fully saturated rings. The molecule has 0 spiro atoms. The number of carbonyl (C=O) groups is 1. The number of benzene rings is 1. The van der Waals surface area contributed by atoms with Crippen LogP contribution in [0.15, 0.2) is 29.3 Å².